The molecule has 27 heavy (non-hydrogen) atoms. The minimum absolute atomic E-state index is 0.254. The van der Waals surface area contributed by atoms with Gasteiger partial charge in [-0.2, -0.15) is 13.2 Å². The third-order valence-electron chi connectivity index (χ3n) is 5.19. The van der Waals surface area contributed by atoms with Gasteiger partial charge in [0.15, 0.2) is 0 Å². The summed E-state index contributed by atoms with van der Waals surface area (Å²) in [5, 5.41) is 11.7. The largest absolute Gasteiger partial charge is 0.416 e. The molecule has 0 saturated carbocycles. The van der Waals surface area contributed by atoms with E-state index in [4.69, 9.17) is 4.74 Å². The van der Waals surface area contributed by atoms with Gasteiger partial charge in [-0.05, 0) is 23.3 Å². The van der Waals surface area contributed by atoms with E-state index >= 15 is 0 Å². The second-order valence-corrected chi connectivity index (χ2v) is 7.02. The van der Waals surface area contributed by atoms with E-state index in [-0.39, 0.29) is 11.5 Å². The molecule has 1 aliphatic rings. The summed E-state index contributed by atoms with van der Waals surface area (Å²) < 4.78 is 45.0. The molecule has 0 aliphatic carbocycles. The number of halogens is 3. The summed E-state index contributed by atoms with van der Waals surface area (Å²) in [7, 11) is 0. The summed E-state index contributed by atoms with van der Waals surface area (Å²) in [6.07, 6.45) is -4.46. The molecule has 0 spiro atoms. The second kappa shape index (κ2) is 8.00. The number of aliphatic hydroxyl groups is 1. The van der Waals surface area contributed by atoms with E-state index in [0.717, 1.165) is 25.2 Å². The molecule has 6 heteroatoms. The molecule has 1 heterocycles. The number of hydrogen-bond donors (Lipinski definition) is 1. The van der Waals surface area contributed by atoms with Gasteiger partial charge in [0.2, 0.25) is 0 Å². The smallest absolute Gasteiger partial charge is 0.380 e. The Bertz CT molecular complexity index is 745. The van der Waals surface area contributed by atoms with E-state index in [2.05, 4.69) is 4.90 Å². The van der Waals surface area contributed by atoms with Gasteiger partial charge in [-0.3, -0.25) is 4.90 Å². The highest BCUT2D eigenvalue weighted by molar-refractivity contribution is 5.39. The van der Waals surface area contributed by atoms with Crippen molar-refractivity contribution in [3.05, 3.63) is 71.3 Å². The Morgan fingerprint density at radius 3 is 2.19 bits per heavy atom. The number of nitrogens with zero attached hydrogens (tertiary/aromatic N) is 1. The van der Waals surface area contributed by atoms with Gasteiger partial charge in [-0.15, -0.1) is 0 Å². The van der Waals surface area contributed by atoms with Crippen molar-refractivity contribution < 1.29 is 23.0 Å². The third-order valence-corrected chi connectivity index (χ3v) is 5.19. The van der Waals surface area contributed by atoms with Gasteiger partial charge < -0.3 is 9.84 Å². The minimum atomic E-state index is -4.46. The Morgan fingerprint density at radius 1 is 0.963 bits per heavy atom. The number of hydrogen-bond acceptors (Lipinski definition) is 3. The zero-order chi connectivity index (χ0) is 19.5. The lowest BCUT2D eigenvalue weighted by atomic mass is 9.76. The molecule has 2 aromatic carbocycles. The zero-order valence-electron chi connectivity index (χ0n) is 15.2. The van der Waals surface area contributed by atoms with Crippen LogP contribution in [0.3, 0.4) is 0 Å². The number of benzene rings is 2. The monoisotopic (exact) mass is 379 g/mol. The first-order valence-corrected chi connectivity index (χ1v) is 9.07. The number of ether oxygens (including phenoxy) is 1. The molecule has 146 valence electrons. The molecular weight excluding hydrogens is 355 g/mol. The Hall–Kier alpha value is -1.89. The van der Waals surface area contributed by atoms with Gasteiger partial charge in [0.1, 0.15) is 5.60 Å². The molecule has 2 atom stereocenters. The average molecular weight is 379 g/mol. The predicted molar refractivity (Wildman–Crippen MR) is 97.3 cm³/mol. The lowest BCUT2D eigenvalue weighted by Crippen LogP contribution is -2.45. The van der Waals surface area contributed by atoms with Crippen LogP contribution in [0, 0.1) is 5.92 Å². The van der Waals surface area contributed by atoms with Crippen molar-refractivity contribution in [2.45, 2.75) is 18.7 Å². The summed E-state index contributed by atoms with van der Waals surface area (Å²) in [6.45, 7) is 5.18. The average Bonchev–Trinajstić information content (AvgIpc) is 2.68. The summed E-state index contributed by atoms with van der Waals surface area (Å²) in [5.41, 5.74) is -1.44. The molecule has 1 saturated heterocycles. The molecule has 2 unspecified atom stereocenters. The van der Waals surface area contributed by atoms with Crippen molar-refractivity contribution in [1.82, 2.24) is 4.90 Å². The van der Waals surface area contributed by atoms with Gasteiger partial charge in [-0.25, -0.2) is 0 Å². The van der Waals surface area contributed by atoms with E-state index in [0.29, 0.717) is 25.3 Å². The summed E-state index contributed by atoms with van der Waals surface area (Å²) >= 11 is 0. The van der Waals surface area contributed by atoms with E-state index in [1.54, 1.807) is 30.3 Å². The quantitative estimate of drug-likeness (QED) is 0.855. The second-order valence-electron chi connectivity index (χ2n) is 7.02. The highest BCUT2D eigenvalue weighted by Gasteiger charge is 2.40. The van der Waals surface area contributed by atoms with Gasteiger partial charge in [0.25, 0.3) is 0 Å². The van der Waals surface area contributed by atoms with Crippen LogP contribution in [0.5, 0.6) is 0 Å². The fourth-order valence-corrected chi connectivity index (χ4v) is 3.66. The van der Waals surface area contributed by atoms with Gasteiger partial charge in [-0.1, -0.05) is 49.4 Å². The fraction of sp³-hybridized carbons (Fsp3) is 0.429. The van der Waals surface area contributed by atoms with Crippen LogP contribution in [-0.4, -0.2) is 42.9 Å². The molecule has 0 aromatic heterocycles. The van der Waals surface area contributed by atoms with E-state index < -0.39 is 17.3 Å². The summed E-state index contributed by atoms with van der Waals surface area (Å²) in [5.74, 6) is -0.318. The standard InChI is InChI=1S/C21H24F3NO2/c1-16(15-25-10-12-27-13-11-25)20(26,17-6-3-2-4-7-17)18-8-5-9-19(14-18)21(22,23)24/h2-9,14,16,26H,10-13,15H2,1H3. The maximum atomic E-state index is 13.2. The van der Waals surface area contributed by atoms with Crippen LogP contribution >= 0.6 is 0 Å². The van der Waals surface area contributed by atoms with Crippen molar-refractivity contribution in [2.75, 3.05) is 32.8 Å². The van der Waals surface area contributed by atoms with Crippen molar-refractivity contribution >= 4 is 0 Å². The lowest BCUT2D eigenvalue weighted by Gasteiger charge is -2.39. The van der Waals surface area contributed by atoms with E-state index in [1.807, 2.05) is 13.0 Å². The minimum Gasteiger partial charge on any atom is -0.380 e. The summed E-state index contributed by atoms with van der Waals surface area (Å²) in [6, 6.07) is 13.9. The highest BCUT2D eigenvalue weighted by atomic mass is 19.4. The molecule has 1 N–H and O–H groups in total. The predicted octanol–water partition coefficient (Wildman–Crippen LogP) is 3.91. The van der Waals surface area contributed by atoms with Crippen LogP contribution in [0.1, 0.15) is 23.6 Å². The van der Waals surface area contributed by atoms with Gasteiger partial charge in [0.05, 0.1) is 18.8 Å². The zero-order valence-corrected chi connectivity index (χ0v) is 15.2. The maximum Gasteiger partial charge on any atom is 0.416 e. The van der Waals surface area contributed by atoms with Crippen molar-refractivity contribution in [3.63, 3.8) is 0 Å². The van der Waals surface area contributed by atoms with Crippen molar-refractivity contribution in [2.24, 2.45) is 5.92 Å². The number of rotatable bonds is 5. The highest BCUT2D eigenvalue weighted by Crippen LogP contribution is 2.39. The molecule has 0 bridgehead atoms. The molecule has 1 fully saturated rings. The van der Waals surface area contributed by atoms with Gasteiger partial charge >= 0.3 is 6.18 Å². The molecule has 0 radical (unpaired) electrons. The van der Waals surface area contributed by atoms with Crippen molar-refractivity contribution in [3.8, 4) is 0 Å². The van der Waals surface area contributed by atoms with E-state index in [1.165, 1.54) is 6.07 Å². The molecule has 3 rings (SSSR count). The maximum absolute atomic E-state index is 13.2. The molecule has 0 amide bonds. The van der Waals surface area contributed by atoms with Crippen LogP contribution < -0.4 is 0 Å². The van der Waals surface area contributed by atoms with Crippen LogP contribution in [0.15, 0.2) is 54.6 Å². The van der Waals surface area contributed by atoms with Crippen LogP contribution in [0.2, 0.25) is 0 Å². The Balaban J connectivity index is 2.00. The fourth-order valence-electron chi connectivity index (χ4n) is 3.66. The van der Waals surface area contributed by atoms with Crippen molar-refractivity contribution in [1.29, 1.82) is 0 Å². The van der Waals surface area contributed by atoms with Crippen LogP contribution in [0.4, 0.5) is 13.2 Å². The first-order chi connectivity index (χ1) is 12.8. The Kier molecular flexibility index (Phi) is 5.89. The molecule has 3 nitrogen and oxygen atoms in total. The molecule has 2 aromatic rings. The first-order valence-electron chi connectivity index (χ1n) is 9.07. The van der Waals surface area contributed by atoms with Gasteiger partial charge in [0, 0.05) is 25.6 Å². The number of alkyl halides is 3. The van der Waals surface area contributed by atoms with Crippen LogP contribution in [-0.2, 0) is 16.5 Å². The lowest BCUT2D eigenvalue weighted by molar-refractivity contribution is -0.137. The Labute approximate surface area is 157 Å². The SMILES string of the molecule is CC(CN1CCOCC1)C(O)(c1ccccc1)c1cccc(C(F)(F)F)c1. The Morgan fingerprint density at radius 2 is 1.56 bits per heavy atom. The van der Waals surface area contributed by atoms with E-state index in [9.17, 15) is 18.3 Å². The topological polar surface area (TPSA) is 32.7 Å². The normalized spacial score (nSPS) is 19.4. The number of morpholine rings is 1. The van der Waals surface area contributed by atoms with Crippen LogP contribution in [0.25, 0.3) is 0 Å². The third kappa shape index (κ3) is 4.34. The molecular formula is C21H24F3NO2. The summed E-state index contributed by atoms with van der Waals surface area (Å²) in [4.78, 5) is 2.18. The first kappa shape index (κ1) is 19.9. The molecule has 1 aliphatic heterocycles.